The maximum Gasteiger partial charge on any atom is 0.203 e. The normalized spacial score (nSPS) is 10.1. The van der Waals surface area contributed by atoms with Crippen LogP contribution < -0.4 is 9.47 Å². The van der Waals surface area contributed by atoms with Gasteiger partial charge in [-0.3, -0.25) is 4.79 Å². The molecule has 0 spiro atoms. The van der Waals surface area contributed by atoms with E-state index >= 15 is 0 Å². The first kappa shape index (κ1) is 14.1. The summed E-state index contributed by atoms with van der Waals surface area (Å²) in [5, 5.41) is 0. The third-order valence-corrected chi connectivity index (χ3v) is 2.88. The van der Waals surface area contributed by atoms with Crippen LogP contribution >= 0.6 is 0 Å². The molecule has 0 aliphatic rings. The van der Waals surface area contributed by atoms with Crippen LogP contribution in [-0.4, -0.2) is 19.0 Å². The molecule has 2 aromatic carbocycles. The van der Waals surface area contributed by atoms with Crippen LogP contribution in [0.5, 0.6) is 11.5 Å². The Bertz CT molecular complexity index is 573. The molecule has 0 saturated heterocycles. The van der Waals surface area contributed by atoms with E-state index < -0.39 is 0 Å². The minimum atomic E-state index is -0.0883. The minimum absolute atomic E-state index is 0.00709. The van der Waals surface area contributed by atoms with Crippen molar-refractivity contribution in [3.63, 3.8) is 0 Å². The van der Waals surface area contributed by atoms with Gasteiger partial charge in [-0.2, -0.15) is 0 Å². The number of Topliss-reactive ketones (excluding diaryl/α,β-unsaturated/α-hetero) is 1. The highest BCUT2D eigenvalue weighted by atomic mass is 16.5. The summed E-state index contributed by atoms with van der Waals surface area (Å²) in [4.78, 5) is 12.2. The Morgan fingerprint density at radius 2 is 1.70 bits per heavy atom. The Hall–Kier alpha value is -2.29. The Balaban J connectivity index is 2.03. The fraction of sp³-hybridized carbons (Fsp3) is 0.235. The molecular weight excluding hydrogens is 252 g/mol. The summed E-state index contributed by atoms with van der Waals surface area (Å²) >= 11 is 0. The number of ketones is 1. The van der Waals surface area contributed by atoms with Crippen LogP contribution in [0, 0.1) is 6.92 Å². The molecule has 0 saturated carbocycles. The van der Waals surface area contributed by atoms with Crippen molar-refractivity contribution in [1.29, 1.82) is 0 Å². The molecule has 104 valence electrons. The van der Waals surface area contributed by atoms with Gasteiger partial charge in [0.05, 0.1) is 12.2 Å². The molecule has 0 aliphatic heterocycles. The smallest absolute Gasteiger partial charge is 0.203 e. The Labute approximate surface area is 119 Å². The molecule has 0 aromatic heterocycles. The van der Waals surface area contributed by atoms with Crippen molar-refractivity contribution < 1.29 is 14.3 Å². The predicted octanol–water partition coefficient (Wildman–Crippen LogP) is 3.66. The van der Waals surface area contributed by atoms with Crippen molar-refractivity contribution in [2.24, 2.45) is 0 Å². The van der Waals surface area contributed by atoms with Gasteiger partial charge in [-0.1, -0.05) is 29.8 Å². The van der Waals surface area contributed by atoms with E-state index in [1.807, 2.05) is 50.2 Å². The molecule has 0 fully saturated rings. The first-order chi connectivity index (χ1) is 9.70. The first-order valence-corrected chi connectivity index (χ1v) is 6.65. The van der Waals surface area contributed by atoms with Crippen molar-refractivity contribution >= 4 is 5.78 Å². The molecule has 2 aromatic rings. The summed E-state index contributed by atoms with van der Waals surface area (Å²) in [6, 6.07) is 14.8. The topological polar surface area (TPSA) is 35.5 Å². The van der Waals surface area contributed by atoms with Gasteiger partial charge in [0.2, 0.25) is 5.78 Å². The lowest BCUT2D eigenvalue weighted by molar-refractivity contribution is 0.0917. The van der Waals surface area contributed by atoms with E-state index in [4.69, 9.17) is 9.47 Å². The van der Waals surface area contributed by atoms with Gasteiger partial charge < -0.3 is 9.47 Å². The van der Waals surface area contributed by atoms with Crippen LogP contribution in [0.1, 0.15) is 22.8 Å². The van der Waals surface area contributed by atoms with E-state index in [0.717, 1.165) is 5.56 Å². The Morgan fingerprint density at radius 3 is 2.40 bits per heavy atom. The van der Waals surface area contributed by atoms with Crippen LogP contribution in [0.25, 0.3) is 0 Å². The average Bonchev–Trinajstić information content (AvgIpc) is 2.47. The van der Waals surface area contributed by atoms with Crippen molar-refractivity contribution in [3.8, 4) is 11.5 Å². The van der Waals surface area contributed by atoms with Crippen molar-refractivity contribution in [2.45, 2.75) is 13.8 Å². The number of benzene rings is 2. The van der Waals surface area contributed by atoms with Gasteiger partial charge >= 0.3 is 0 Å². The third-order valence-electron chi connectivity index (χ3n) is 2.88. The van der Waals surface area contributed by atoms with Crippen LogP contribution in [0.3, 0.4) is 0 Å². The number of ether oxygens (including phenoxy) is 2. The summed E-state index contributed by atoms with van der Waals surface area (Å²) in [6.45, 7) is 4.44. The summed E-state index contributed by atoms with van der Waals surface area (Å²) in [6.07, 6.45) is 0. The second kappa shape index (κ2) is 6.75. The SMILES string of the molecule is CCOc1ccccc1C(=O)COc1ccc(C)cc1. The number of carbonyl (C=O) groups excluding carboxylic acids is 1. The summed E-state index contributed by atoms with van der Waals surface area (Å²) in [5.74, 6) is 1.21. The molecule has 0 radical (unpaired) electrons. The van der Waals surface area contributed by atoms with Gasteiger partial charge in [0.15, 0.2) is 6.61 Å². The van der Waals surface area contributed by atoms with Crippen LogP contribution in [0.2, 0.25) is 0 Å². The maximum atomic E-state index is 12.2. The molecule has 0 heterocycles. The predicted molar refractivity (Wildman–Crippen MR) is 78.6 cm³/mol. The summed E-state index contributed by atoms with van der Waals surface area (Å²) in [5.41, 5.74) is 1.71. The van der Waals surface area contributed by atoms with Gasteiger partial charge in [0, 0.05) is 0 Å². The fourth-order valence-corrected chi connectivity index (χ4v) is 1.84. The third kappa shape index (κ3) is 3.60. The molecule has 0 aliphatic carbocycles. The quantitative estimate of drug-likeness (QED) is 0.751. The number of carbonyl (C=O) groups is 1. The highest BCUT2D eigenvalue weighted by Crippen LogP contribution is 2.19. The highest BCUT2D eigenvalue weighted by molar-refractivity contribution is 5.99. The fourth-order valence-electron chi connectivity index (χ4n) is 1.84. The minimum Gasteiger partial charge on any atom is -0.493 e. The lowest BCUT2D eigenvalue weighted by atomic mass is 10.1. The average molecular weight is 270 g/mol. The molecule has 0 bridgehead atoms. The molecule has 3 heteroatoms. The number of rotatable bonds is 6. The van der Waals surface area contributed by atoms with E-state index in [2.05, 4.69) is 0 Å². The largest absolute Gasteiger partial charge is 0.493 e. The Kier molecular flexibility index (Phi) is 4.77. The Morgan fingerprint density at radius 1 is 1.00 bits per heavy atom. The maximum absolute atomic E-state index is 12.2. The molecular formula is C17H18O3. The molecule has 0 N–H and O–H groups in total. The van der Waals surface area contributed by atoms with E-state index in [1.165, 1.54) is 0 Å². The highest BCUT2D eigenvalue weighted by Gasteiger charge is 2.12. The van der Waals surface area contributed by atoms with Gasteiger partial charge in [0.1, 0.15) is 11.5 Å². The number of para-hydroxylation sites is 1. The zero-order valence-corrected chi connectivity index (χ0v) is 11.8. The molecule has 3 nitrogen and oxygen atoms in total. The number of hydrogen-bond acceptors (Lipinski definition) is 3. The second-order valence-electron chi connectivity index (χ2n) is 4.45. The van der Waals surface area contributed by atoms with E-state index in [0.29, 0.717) is 23.7 Å². The lowest BCUT2D eigenvalue weighted by Gasteiger charge is -2.10. The zero-order chi connectivity index (χ0) is 14.4. The van der Waals surface area contributed by atoms with Crippen LogP contribution in [-0.2, 0) is 0 Å². The monoisotopic (exact) mass is 270 g/mol. The van der Waals surface area contributed by atoms with Crippen molar-refractivity contribution in [3.05, 3.63) is 59.7 Å². The van der Waals surface area contributed by atoms with Crippen molar-refractivity contribution in [1.82, 2.24) is 0 Å². The molecule has 2 rings (SSSR count). The van der Waals surface area contributed by atoms with Gasteiger partial charge in [-0.25, -0.2) is 0 Å². The van der Waals surface area contributed by atoms with E-state index in [-0.39, 0.29) is 12.4 Å². The van der Waals surface area contributed by atoms with Gasteiger partial charge in [-0.05, 0) is 38.1 Å². The number of aryl methyl sites for hydroxylation is 1. The molecule has 0 atom stereocenters. The van der Waals surface area contributed by atoms with Crippen molar-refractivity contribution in [2.75, 3.05) is 13.2 Å². The summed E-state index contributed by atoms with van der Waals surface area (Å²) in [7, 11) is 0. The zero-order valence-electron chi connectivity index (χ0n) is 11.8. The number of hydrogen-bond donors (Lipinski definition) is 0. The summed E-state index contributed by atoms with van der Waals surface area (Å²) < 4.78 is 11.0. The van der Waals surface area contributed by atoms with E-state index in [1.54, 1.807) is 12.1 Å². The van der Waals surface area contributed by atoms with Gasteiger partial charge in [0.25, 0.3) is 0 Å². The second-order valence-corrected chi connectivity index (χ2v) is 4.45. The molecule has 20 heavy (non-hydrogen) atoms. The molecule has 0 unspecified atom stereocenters. The first-order valence-electron chi connectivity index (χ1n) is 6.65. The van der Waals surface area contributed by atoms with E-state index in [9.17, 15) is 4.79 Å². The van der Waals surface area contributed by atoms with Crippen LogP contribution in [0.4, 0.5) is 0 Å². The standard InChI is InChI=1S/C17H18O3/c1-3-19-17-7-5-4-6-15(17)16(18)12-20-14-10-8-13(2)9-11-14/h4-11H,3,12H2,1-2H3. The van der Waals surface area contributed by atoms with Gasteiger partial charge in [-0.15, -0.1) is 0 Å². The lowest BCUT2D eigenvalue weighted by Crippen LogP contribution is -2.13. The van der Waals surface area contributed by atoms with Crippen LogP contribution in [0.15, 0.2) is 48.5 Å². The molecule has 0 amide bonds.